The summed E-state index contributed by atoms with van der Waals surface area (Å²) in [5.41, 5.74) is 3.55. The quantitative estimate of drug-likeness (QED) is 0.178. The Hall–Kier alpha value is -4.16. The van der Waals surface area contributed by atoms with Gasteiger partial charge in [0.25, 0.3) is 5.91 Å². The number of hydrogen-bond donors (Lipinski definition) is 1. The van der Waals surface area contributed by atoms with Crippen LogP contribution < -0.4 is 14.9 Å². The van der Waals surface area contributed by atoms with Gasteiger partial charge in [0.2, 0.25) is 0 Å². The highest BCUT2D eigenvalue weighted by Gasteiger charge is 2.08. The summed E-state index contributed by atoms with van der Waals surface area (Å²) < 4.78 is 11.0. The maximum absolute atomic E-state index is 12.1. The molecule has 0 aliphatic carbocycles. The van der Waals surface area contributed by atoms with E-state index >= 15 is 0 Å². The van der Waals surface area contributed by atoms with Gasteiger partial charge in [0.15, 0.2) is 6.61 Å². The molecule has 0 aromatic heterocycles. The van der Waals surface area contributed by atoms with E-state index in [4.69, 9.17) is 21.1 Å². The molecule has 0 spiro atoms. The van der Waals surface area contributed by atoms with Gasteiger partial charge in [-0.3, -0.25) is 4.79 Å². The first-order valence-corrected chi connectivity index (χ1v) is 10.5. The van der Waals surface area contributed by atoms with Crippen molar-refractivity contribution in [3.05, 3.63) is 107 Å². The highest BCUT2D eigenvalue weighted by atomic mass is 35.5. The maximum atomic E-state index is 12.1. The number of halogens is 1. The Bertz CT molecular complexity index is 1300. The number of nitrogens with zero attached hydrogens (tertiary/aromatic N) is 1. The lowest BCUT2D eigenvalue weighted by atomic mass is 10.1. The third kappa shape index (κ3) is 5.96. The second-order valence-corrected chi connectivity index (χ2v) is 7.46. The first kappa shape index (κ1) is 22.0. The van der Waals surface area contributed by atoms with Crippen molar-refractivity contribution in [2.24, 2.45) is 5.10 Å². The first-order valence-electron chi connectivity index (χ1n) is 10.1. The van der Waals surface area contributed by atoms with Crippen LogP contribution in [0.25, 0.3) is 10.8 Å². The van der Waals surface area contributed by atoms with Crippen molar-refractivity contribution in [3.8, 4) is 11.5 Å². The number of rotatable bonds is 7. The van der Waals surface area contributed by atoms with Gasteiger partial charge < -0.3 is 9.47 Å². The molecule has 0 fully saturated rings. The monoisotopic (exact) mass is 458 g/mol. The number of nitrogens with one attached hydrogen (secondary N) is 1. The molecular weight excluding hydrogens is 440 g/mol. The van der Waals surface area contributed by atoms with Crippen molar-refractivity contribution < 1.29 is 19.1 Å². The van der Waals surface area contributed by atoms with E-state index in [9.17, 15) is 9.59 Å². The molecule has 0 atom stereocenters. The van der Waals surface area contributed by atoms with E-state index in [1.54, 1.807) is 48.5 Å². The smallest absolute Gasteiger partial charge is 0.343 e. The Morgan fingerprint density at radius 2 is 1.61 bits per heavy atom. The maximum Gasteiger partial charge on any atom is 0.343 e. The molecule has 6 nitrogen and oxygen atoms in total. The number of benzene rings is 4. The van der Waals surface area contributed by atoms with Gasteiger partial charge in [-0.1, -0.05) is 48.0 Å². The van der Waals surface area contributed by atoms with Gasteiger partial charge >= 0.3 is 5.97 Å². The predicted octanol–water partition coefficient (Wildman–Crippen LogP) is 5.24. The second-order valence-electron chi connectivity index (χ2n) is 7.02. The third-order valence-corrected chi connectivity index (χ3v) is 4.93. The first-order chi connectivity index (χ1) is 16.1. The molecule has 0 aliphatic heterocycles. The summed E-state index contributed by atoms with van der Waals surface area (Å²) >= 11 is 5.82. The normalized spacial score (nSPS) is 10.8. The van der Waals surface area contributed by atoms with Gasteiger partial charge in [0.05, 0.1) is 11.8 Å². The highest BCUT2D eigenvalue weighted by molar-refractivity contribution is 6.30. The molecule has 0 heterocycles. The van der Waals surface area contributed by atoms with Gasteiger partial charge in [0.1, 0.15) is 11.5 Å². The number of hydrogen-bond acceptors (Lipinski definition) is 5. The minimum atomic E-state index is -0.480. The van der Waals surface area contributed by atoms with Crippen LogP contribution >= 0.6 is 11.6 Å². The summed E-state index contributed by atoms with van der Waals surface area (Å²) in [6.07, 6.45) is 1.49. The number of carbonyl (C=O) groups excluding carboxylic acids is 2. The molecule has 4 rings (SSSR count). The van der Waals surface area contributed by atoms with Crippen molar-refractivity contribution >= 4 is 40.5 Å². The van der Waals surface area contributed by atoms with Crippen molar-refractivity contribution in [3.63, 3.8) is 0 Å². The lowest BCUT2D eigenvalue weighted by Gasteiger charge is -2.08. The standard InChI is InChI=1S/C26H19ClN2O4/c27-21-12-10-20(11-13-21)26(31)33-22-14-8-18(9-15-22)16-28-29-25(30)17-32-24-7-3-5-19-4-1-2-6-23(19)24/h1-16H,17H2,(H,29,30)/b28-16-. The van der Waals surface area contributed by atoms with Gasteiger partial charge in [-0.05, 0) is 65.5 Å². The van der Waals surface area contributed by atoms with E-state index in [1.165, 1.54) is 6.21 Å². The molecule has 0 saturated heterocycles. The van der Waals surface area contributed by atoms with Crippen molar-refractivity contribution in [1.82, 2.24) is 5.43 Å². The molecule has 0 radical (unpaired) electrons. The van der Waals surface area contributed by atoms with E-state index in [0.29, 0.717) is 22.1 Å². The summed E-state index contributed by atoms with van der Waals surface area (Å²) in [6.45, 7) is -0.162. The van der Waals surface area contributed by atoms with E-state index < -0.39 is 5.97 Å². The summed E-state index contributed by atoms with van der Waals surface area (Å²) in [7, 11) is 0. The predicted molar refractivity (Wildman–Crippen MR) is 128 cm³/mol. The number of hydrazone groups is 1. The van der Waals surface area contributed by atoms with Crippen LogP contribution in [0.5, 0.6) is 11.5 Å². The minimum absolute atomic E-state index is 0.162. The van der Waals surface area contributed by atoms with Crippen molar-refractivity contribution in [1.29, 1.82) is 0 Å². The van der Waals surface area contributed by atoms with E-state index in [2.05, 4.69) is 10.5 Å². The minimum Gasteiger partial charge on any atom is -0.483 e. The summed E-state index contributed by atoms with van der Waals surface area (Å²) in [5, 5.41) is 6.46. The molecule has 7 heteroatoms. The molecule has 1 amide bonds. The molecule has 1 N–H and O–H groups in total. The van der Waals surface area contributed by atoms with Crippen LogP contribution in [-0.4, -0.2) is 24.7 Å². The van der Waals surface area contributed by atoms with Gasteiger partial charge in [-0.25, -0.2) is 10.2 Å². The van der Waals surface area contributed by atoms with Crippen LogP contribution in [0.2, 0.25) is 5.02 Å². The average molecular weight is 459 g/mol. The number of ether oxygens (including phenoxy) is 2. The Labute approximate surface area is 195 Å². The van der Waals surface area contributed by atoms with Crippen LogP contribution in [0.15, 0.2) is 96.1 Å². The van der Waals surface area contributed by atoms with Crippen LogP contribution in [0, 0.1) is 0 Å². The molecule has 33 heavy (non-hydrogen) atoms. The SMILES string of the molecule is O=C(COc1cccc2ccccc12)N/N=C\c1ccc(OC(=O)c2ccc(Cl)cc2)cc1. The Morgan fingerprint density at radius 3 is 2.39 bits per heavy atom. The van der Waals surface area contributed by atoms with Crippen molar-refractivity contribution in [2.45, 2.75) is 0 Å². The Kier molecular flexibility index (Phi) is 6.97. The zero-order valence-electron chi connectivity index (χ0n) is 17.4. The lowest BCUT2D eigenvalue weighted by molar-refractivity contribution is -0.123. The van der Waals surface area contributed by atoms with Crippen LogP contribution in [0.1, 0.15) is 15.9 Å². The number of esters is 1. The van der Waals surface area contributed by atoms with E-state index in [0.717, 1.165) is 16.3 Å². The second kappa shape index (κ2) is 10.4. The number of carbonyl (C=O) groups is 2. The molecule has 0 saturated carbocycles. The average Bonchev–Trinajstić information content (AvgIpc) is 2.84. The Balaban J connectivity index is 1.27. The van der Waals surface area contributed by atoms with Crippen LogP contribution in [0.4, 0.5) is 0 Å². The van der Waals surface area contributed by atoms with Gasteiger partial charge in [0, 0.05) is 10.4 Å². The molecule has 4 aromatic carbocycles. The van der Waals surface area contributed by atoms with E-state index in [-0.39, 0.29) is 12.5 Å². The summed E-state index contributed by atoms with van der Waals surface area (Å²) in [4.78, 5) is 24.2. The zero-order chi connectivity index (χ0) is 23.0. The molecule has 164 valence electrons. The molecular formula is C26H19ClN2O4. The molecule has 0 bridgehead atoms. The molecule has 0 unspecified atom stereocenters. The summed E-state index contributed by atoms with van der Waals surface area (Å²) in [5.74, 6) is 0.162. The third-order valence-electron chi connectivity index (χ3n) is 4.68. The fourth-order valence-corrected chi connectivity index (χ4v) is 3.18. The largest absolute Gasteiger partial charge is 0.483 e. The Morgan fingerprint density at radius 1 is 0.879 bits per heavy atom. The van der Waals surface area contributed by atoms with Crippen LogP contribution in [0.3, 0.4) is 0 Å². The number of fused-ring (bicyclic) bond motifs is 1. The topological polar surface area (TPSA) is 77.0 Å². The number of amides is 1. The molecule has 4 aromatic rings. The highest BCUT2D eigenvalue weighted by Crippen LogP contribution is 2.25. The van der Waals surface area contributed by atoms with Gasteiger partial charge in [-0.2, -0.15) is 5.10 Å². The zero-order valence-corrected chi connectivity index (χ0v) is 18.2. The molecule has 0 aliphatic rings. The fraction of sp³-hybridized carbons (Fsp3) is 0.0385. The van der Waals surface area contributed by atoms with Gasteiger partial charge in [-0.15, -0.1) is 0 Å². The lowest BCUT2D eigenvalue weighted by Crippen LogP contribution is -2.24. The van der Waals surface area contributed by atoms with E-state index in [1.807, 2.05) is 42.5 Å². The summed E-state index contributed by atoms with van der Waals surface area (Å²) in [6, 6.07) is 26.6. The van der Waals surface area contributed by atoms with Crippen molar-refractivity contribution in [2.75, 3.05) is 6.61 Å². The fourth-order valence-electron chi connectivity index (χ4n) is 3.05. The van der Waals surface area contributed by atoms with Crippen LogP contribution in [-0.2, 0) is 4.79 Å².